The third kappa shape index (κ3) is 13.2. The fourth-order valence-corrected chi connectivity index (χ4v) is 7.26. The SMILES string of the molecule is CC(C)C[C@H](NC(=O)[C@@H]1CCCN1C(=O)OCc1ccccc1)C(=O)N[C@@H](CO)[C@@H](O)[C@@H](O)[C@H](O)C(=O)N[C@@H](CC(=O)OC(c1ccccc1)c1ccccc1)c1ccccc1. The molecule has 5 rings (SSSR count). The molecule has 7 N–H and O–H groups in total. The fraction of sp³-hybridized carbons (Fsp3) is 0.383. The summed E-state index contributed by atoms with van der Waals surface area (Å²) in [6.45, 7) is 3.01. The molecule has 15 nitrogen and oxygen atoms in total. The van der Waals surface area contributed by atoms with Gasteiger partial charge in [-0.3, -0.25) is 24.1 Å². The maximum absolute atomic E-state index is 13.6. The first-order valence-electron chi connectivity index (χ1n) is 20.7. The van der Waals surface area contributed by atoms with Crippen LogP contribution in [-0.4, -0.2) is 105 Å². The van der Waals surface area contributed by atoms with E-state index in [9.17, 15) is 44.4 Å². The highest BCUT2D eigenvalue weighted by atomic mass is 16.6. The molecule has 0 radical (unpaired) electrons. The third-order valence-corrected chi connectivity index (χ3v) is 10.6. The Balaban J connectivity index is 1.21. The topological polar surface area (TPSA) is 224 Å². The number of amides is 4. The third-order valence-electron chi connectivity index (χ3n) is 10.6. The largest absolute Gasteiger partial charge is 0.452 e. The van der Waals surface area contributed by atoms with E-state index in [4.69, 9.17) is 9.47 Å². The number of esters is 1. The first kappa shape index (κ1) is 46.9. The summed E-state index contributed by atoms with van der Waals surface area (Å²) in [6.07, 6.45) is -7.41. The molecular weight excluding hydrogens is 797 g/mol. The van der Waals surface area contributed by atoms with Crippen LogP contribution >= 0.6 is 0 Å². The molecule has 330 valence electrons. The molecule has 0 saturated carbocycles. The van der Waals surface area contributed by atoms with Gasteiger partial charge in [-0.15, -0.1) is 0 Å². The number of aliphatic hydroxyl groups is 4. The maximum atomic E-state index is 13.6. The van der Waals surface area contributed by atoms with Crippen molar-refractivity contribution in [3.63, 3.8) is 0 Å². The minimum atomic E-state index is -2.29. The average Bonchev–Trinajstić information content (AvgIpc) is 3.80. The smallest absolute Gasteiger partial charge is 0.410 e. The quantitative estimate of drug-likeness (QED) is 0.0638. The number of carbonyl (C=O) groups excluding carboxylic acids is 5. The molecule has 1 heterocycles. The molecular formula is C47H56N4O11. The van der Waals surface area contributed by atoms with Crippen LogP contribution in [0.2, 0.25) is 0 Å². The van der Waals surface area contributed by atoms with E-state index in [1.165, 1.54) is 4.90 Å². The molecule has 0 spiro atoms. The molecule has 4 aromatic rings. The molecule has 1 fully saturated rings. The summed E-state index contributed by atoms with van der Waals surface area (Å²) >= 11 is 0. The Hall–Kier alpha value is -6.13. The van der Waals surface area contributed by atoms with Crippen molar-refractivity contribution >= 4 is 29.8 Å². The fourth-order valence-electron chi connectivity index (χ4n) is 7.26. The maximum Gasteiger partial charge on any atom is 0.410 e. The number of nitrogens with one attached hydrogen (secondary N) is 3. The number of ether oxygens (including phenoxy) is 2. The van der Waals surface area contributed by atoms with E-state index in [2.05, 4.69) is 16.0 Å². The Morgan fingerprint density at radius 3 is 1.81 bits per heavy atom. The van der Waals surface area contributed by atoms with E-state index < -0.39 is 85.0 Å². The van der Waals surface area contributed by atoms with Gasteiger partial charge in [-0.2, -0.15) is 0 Å². The summed E-state index contributed by atoms with van der Waals surface area (Å²) < 4.78 is 11.4. The standard InChI is InChI=1S/C47H56N4O11/c1-30(2)26-36(49-45(58)38-24-15-25-51(38)47(60)61-29-31-16-7-3-8-17-31)44(57)50-37(28-52)40(54)41(55)42(56)46(59)48-35(32-18-9-4-10-19-32)27-39(53)62-43(33-20-11-5-12-21-33)34-22-13-6-14-23-34/h3-14,16-23,30,35-38,40-43,52,54-56H,15,24-29H2,1-2H3,(H,48,59)(H,49,58)(H,50,57)/t35-,36-,37-,38-,40+,41+,42-/m0/s1. The molecule has 1 aliphatic rings. The van der Waals surface area contributed by atoms with Crippen LogP contribution in [-0.2, 0) is 35.3 Å². The van der Waals surface area contributed by atoms with E-state index in [1.807, 2.05) is 92.7 Å². The summed E-state index contributed by atoms with van der Waals surface area (Å²) in [5.41, 5.74) is 2.71. The van der Waals surface area contributed by atoms with Crippen molar-refractivity contribution in [1.82, 2.24) is 20.9 Å². The predicted molar refractivity (Wildman–Crippen MR) is 228 cm³/mol. The lowest BCUT2D eigenvalue weighted by molar-refractivity contribution is -0.149. The number of aliphatic hydroxyl groups excluding tert-OH is 4. The summed E-state index contributed by atoms with van der Waals surface area (Å²) in [4.78, 5) is 68.5. The van der Waals surface area contributed by atoms with Crippen molar-refractivity contribution in [2.75, 3.05) is 13.2 Å². The predicted octanol–water partition coefficient (Wildman–Crippen LogP) is 3.46. The second kappa shape index (κ2) is 23.2. The van der Waals surface area contributed by atoms with Crippen molar-refractivity contribution in [2.45, 2.75) is 94.7 Å². The zero-order chi connectivity index (χ0) is 44.6. The highest BCUT2D eigenvalue weighted by Gasteiger charge is 2.40. The van der Waals surface area contributed by atoms with Gasteiger partial charge < -0.3 is 45.9 Å². The van der Waals surface area contributed by atoms with Crippen LogP contribution in [0, 0.1) is 5.92 Å². The Morgan fingerprint density at radius 2 is 1.26 bits per heavy atom. The van der Waals surface area contributed by atoms with E-state index in [0.717, 1.165) is 16.7 Å². The van der Waals surface area contributed by atoms with Crippen LogP contribution < -0.4 is 16.0 Å². The molecule has 1 saturated heterocycles. The van der Waals surface area contributed by atoms with Crippen LogP contribution in [0.1, 0.15) is 73.9 Å². The molecule has 0 unspecified atom stereocenters. The highest BCUT2D eigenvalue weighted by molar-refractivity contribution is 5.91. The Bertz CT molecular complexity index is 2000. The van der Waals surface area contributed by atoms with Gasteiger partial charge in [-0.1, -0.05) is 135 Å². The molecule has 4 aromatic carbocycles. The molecule has 7 atom stereocenters. The van der Waals surface area contributed by atoms with Crippen molar-refractivity contribution in [2.24, 2.45) is 5.92 Å². The zero-order valence-electron chi connectivity index (χ0n) is 34.8. The normalized spacial score (nSPS) is 16.6. The Kier molecular flexibility index (Phi) is 17.5. The Morgan fingerprint density at radius 1 is 0.710 bits per heavy atom. The average molecular weight is 853 g/mol. The van der Waals surface area contributed by atoms with Crippen molar-refractivity contribution < 1.29 is 53.9 Å². The molecule has 0 aromatic heterocycles. The van der Waals surface area contributed by atoms with E-state index in [-0.39, 0.29) is 31.9 Å². The lowest BCUT2D eigenvalue weighted by Crippen LogP contribution is -2.60. The van der Waals surface area contributed by atoms with E-state index in [1.54, 1.807) is 42.5 Å². The van der Waals surface area contributed by atoms with Gasteiger partial charge in [0.25, 0.3) is 5.91 Å². The van der Waals surface area contributed by atoms with Gasteiger partial charge in [0.2, 0.25) is 11.8 Å². The molecule has 4 amide bonds. The summed E-state index contributed by atoms with van der Waals surface area (Å²) in [5.74, 6) is -3.37. The number of benzene rings is 4. The van der Waals surface area contributed by atoms with Gasteiger partial charge in [0, 0.05) is 6.54 Å². The van der Waals surface area contributed by atoms with Crippen molar-refractivity contribution in [3.8, 4) is 0 Å². The highest BCUT2D eigenvalue weighted by Crippen LogP contribution is 2.28. The van der Waals surface area contributed by atoms with Crippen LogP contribution in [0.25, 0.3) is 0 Å². The van der Waals surface area contributed by atoms with Crippen LogP contribution in [0.3, 0.4) is 0 Å². The number of hydrogen-bond acceptors (Lipinski definition) is 11. The van der Waals surface area contributed by atoms with Crippen LogP contribution in [0.15, 0.2) is 121 Å². The van der Waals surface area contributed by atoms with Crippen LogP contribution in [0.5, 0.6) is 0 Å². The second-order valence-corrected chi connectivity index (χ2v) is 15.7. The first-order chi connectivity index (χ1) is 29.9. The summed E-state index contributed by atoms with van der Waals surface area (Å²) in [6, 6.07) is 31.0. The number of hydrogen-bond donors (Lipinski definition) is 7. The lowest BCUT2D eigenvalue weighted by Gasteiger charge is -2.31. The van der Waals surface area contributed by atoms with Gasteiger partial charge in [-0.05, 0) is 47.4 Å². The molecule has 0 aliphatic carbocycles. The monoisotopic (exact) mass is 852 g/mol. The second-order valence-electron chi connectivity index (χ2n) is 15.7. The van der Waals surface area contributed by atoms with Crippen molar-refractivity contribution in [3.05, 3.63) is 144 Å². The number of likely N-dealkylation sites (tertiary alicyclic amines) is 1. The summed E-state index contributed by atoms with van der Waals surface area (Å²) in [5, 5.41) is 51.1. The minimum absolute atomic E-state index is 0.0168. The number of rotatable bonds is 20. The first-order valence-corrected chi connectivity index (χ1v) is 20.7. The molecule has 1 aliphatic heterocycles. The van der Waals surface area contributed by atoms with Gasteiger partial charge >= 0.3 is 12.1 Å². The summed E-state index contributed by atoms with van der Waals surface area (Å²) in [7, 11) is 0. The molecule has 15 heteroatoms. The van der Waals surface area contributed by atoms with Gasteiger partial charge in [-0.25, -0.2) is 4.79 Å². The Labute approximate surface area is 361 Å². The van der Waals surface area contributed by atoms with Gasteiger partial charge in [0.05, 0.1) is 25.1 Å². The van der Waals surface area contributed by atoms with Crippen LogP contribution in [0.4, 0.5) is 4.79 Å². The van der Waals surface area contributed by atoms with E-state index in [0.29, 0.717) is 18.4 Å². The number of carbonyl (C=O) groups is 5. The zero-order valence-corrected chi connectivity index (χ0v) is 34.8. The van der Waals surface area contributed by atoms with E-state index >= 15 is 0 Å². The van der Waals surface area contributed by atoms with Gasteiger partial charge in [0.1, 0.15) is 30.9 Å². The van der Waals surface area contributed by atoms with Crippen molar-refractivity contribution in [1.29, 1.82) is 0 Å². The minimum Gasteiger partial charge on any atom is -0.452 e. The molecule has 0 bridgehead atoms. The molecule has 62 heavy (non-hydrogen) atoms. The lowest BCUT2D eigenvalue weighted by atomic mass is 9.98. The van der Waals surface area contributed by atoms with Gasteiger partial charge in [0.15, 0.2) is 12.2 Å². The number of nitrogens with zero attached hydrogens (tertiary/aromatic N) is 1.